The predicted molar refractivity (Wildman–Crippen MR) is 140 cm³/mol. The first-order valence-corrected chi connectivity index (χ1v) is 13.3. The molecule has 0 unspecified atom stereocenters. The fourth-order valence-electron chi connectivity index (χ4n) is 5.60. The van der Waals surface area contributed by atoms with Gasteiger partial charge >= 0.3 is 0 Å². The lowest BCUT2D eigenvalue weighted by Crippen LogP contribution is -2.27. The number of pyridine rings is 2. The summed E-state index contributed by atoms with van der Waals surface area (Å²) in [5.41, 5.74) is 6.18. The van der Waals surface area contributed by atoms with Crippen LogP contribution in [0.2, 0.25) is 0 Å². The Kier molecular flexibility index (Phi) is 5.97. The Morgan fingerprint density at radius 3 is 2.67 bits per heavy atom. The first kappa shape index (κ1) is 23.1. The van der Waals surface area contributed by atoms with Gasteiger partial charge < -0.3 is 9.30 Å². The molecular weight excluding hydrogens is 475 g/mol. The highest BCUT2D eigenvalue weighted by Crippen LogP contribution is 2.43. The van der Waals surface area contributed by atoms with Gasteiger partial charge in [-0.15, -0.1) is 16.9 Å². The molecule has 0 aliphatic carbocycles. The normalized spacial score (nSPS) is 15.7. The second-order valence-corrected chi connectivity index (χ2v) is 10.0. The standard InChI is InChI=1S/C27H27FN6OS/c1-16-24(33(2)32-31-16)18-14-22-23(30-15-18)20-8-11-29-27(36-3)26(20)34(22)25(17-9-12-35-13-10-17)19-6-4-5-7-21(19)28/h4-8,11,14-15,17,25H,9-10,12-13H2,1-3H3/t25-/m0/s1. The van der Waals surface area contributed by atoms with Gasteiger partial charge in [0.1, 0.15) is 10.8 Å². The van der Waals surface area contributed by atoms with Crippen molar-refractivity contribution in [3.05, 3.63) is 65.9 Å². The number of hydrogen-bond donors (Lipinski definition) is 0. The topological polar surface area (TPSA) is 70.7 Å². The molecule has 1 fully saturated rings. The summed E-state index contributed by atoms with van der Waals surface area (Å²) < 4.78 is 25.2. The van der Waals surface area contributed by atoms with E-state index in [1.165, 1.54) is 0 Å². The molecule has 0 bridgehead atoms. The second kappa shape index (κ2) is 9.29. The van der Waals surface area contributed by atoms with Crippen molar-refractivity contribution >= 4 is 33.7 Å². The highest BCUT2D eigenvalue weighted by molar-refractivity contribution is 7.98. The van der Waals surface area contributed by atoms with E-state index in [0.29, 0.717) is 18.8 Å². The molecule has 1 aromatic carbocycles. The van der Waals surface area contributed by atoms with E-state index in [0.717, 1.165) is 56.8 Å². The van der Waals surface area contributed by atoms with Crippen molar-refractivity contribution in [3.63, 3.8) is 0 Å². The maximum Gasteiger partial charge on any atom is 0.128 e. The molecule has 0 radical (unpaired) electrons. The van der Waals surface area contributed by atoms with Crippen LogP contribution >= 0.6 is 11.8 Å². The molecular formula is C27H27FN6OS. The molecule has 0 saturated carbocycles. The Balaban J connectivity index is 1.72. The molecule has 1 saturated heterocycles. The number of rotatable bonds is 5. The number of fused-ring (bicyclic) bond motifs is 3. The van der Waals surface area contributed by atoms with E-state index in [4.69, 9.17) is 14.7 Å². The zero-order valence-corrected chi connectivity index (χ0v) is 21.3. The molecule has 36 heavy (non-hydrogen) atoms. The van der Waals surface area contributed by atoms with E-state index in [2.05, 4.69) is 20.9 Å². The third-order valence-electron chi connectivity index (χ3n) is 7.19. The number of ether oxygens (including phenoxy) is 1. The van der Waals surface area contributed by atoms with Crippen molar-refractivity contribution in [2.75, 3.05) is 19.5 Å². The van der Waals surface area contributed by atoms with Crippen molar-refractivity contribution in [2.24, 2.45) is 13.0 Å². The first-order chi connectivity index (χ1) is 17.6. The van der Waals surface area contributed by atoms with Crippen molar-refractivity contribution in [1.29, 1.82) is 0 Å². The van der Waals surface area contributed by atoms with E-state index < -0.39 is 0 Å². The Morgan fingerprint density at radius 1 is 1.14 bits per heavy atom. The average molecular weight is 503 g/mol. The smallest absolute Gasteiger partial charge is 0.128 e. The van der Waals surface area contributed by atoms with Crippen molar-refractivity contribution in [3.8, 4) is 11.3 Å². The van der Waals surface area contributed by atoms with Crippen LogP contribution in [0.25, 0.3) is 33.2 Å². The third kappa shape index (κ3) is 3.69. The Morgan fingerprint density at radius 2 is 1.94 bits per heavy atom. The van der Waals surface area contributed by atoms with Crippen molar-refractivity contribution < 1.29 is 9.13 Å². The average Bonchev–Trinajstić information content (AvgIpc) is 3.42. The van der Waals surface area contributed by atoms with Crippen LogP contribution in [0, 0.1) is 18.7 Å². The van der Waals surface area contributed by atoms with Gasteiger partial charge in [0.2, 0.25) is 0 Å². The van der Waals surface area contributed by atoms with Crippen LogP contribution in [0.4, 0.5) is 4.39 Å². The van der Waals surface area contributed by atoms with E-state index in [9.17, 15) is 0 Å². The van der Waals surface area contributed by atoms with Crippen LogP contribution in [0.3, 0.4) is 0 Å². The molecule has 6 rings (SSSR count). The summed E-state index contributed by atoms with van der Waals surface area (Å²) >= 11 is 1.60. The highest BCUT2D eigenvalue weighted by atomic mass is 32.2. The Bertz CT molecular complexity index is 1550. The molecule has 0 amide bonds. The molecule has 184 valence electrons. The molecule has 4 aromatic heterocycles. The van der Waals surface area contributed by atoms with Gasteiger partial charge in [-0.2, -0.15) is 0 Å². The molecule has 0 N–H and O–H groups in total. The quantitative estimate of drug-likeness (QED) is 0.293. The minimum absolute atomic E-state index is 0.200. The molecule has 1 aliphatic rings. The van der Waals surface area contributed by atoms with Gasteiger partial charge in [-0.1, -0.05) is 23.4 Å². The summed E-state index contributed by atoms with van der Waals surface area (Å²) in [6, 6.07) is 11.1. The van der Waals surface area contributed by atoms with Crippen LogP contribution in [-0.4, -0.2) is 49.0 Å². The number of thioether (sulfide) groups is 1. The fraction of sp³-hybridized carbons (Fsp3) is 0.333. The Hall–Kier alpha value is -3.30. The van der Waals surface area contributed by atoms with Gasteiger partial charge in [-0.25, -0.2) is 14.1 Å². The van der Waals surface area contributed by atoms with E-state index in [1.54, 1.807) is 28.6 Å². The summed E-state index contributed by atoms with van der Waals surface area (Å²) in [5.74, 6) is 0.00232. The molecule has 5 aromatic rings. The number of aryl methyl sites for hydroxylation is 2. The number of nitrogens with zero attached hydrogens (tertiary/aromatic N) is 6. The number of hydrogen-bond acceptors (Lipinski definition) is 6. The molecule has 0 spiro atoms. The second-order valence-electron chi connectivity index (χ2n) is 9.24. The lowest BCUT2D eigenvalue weighted by atomic mass is 9.86. The van der Waals surface area contributed by atoms with Gasteiger partial charge in [0, 0.05) is 49.2 Å². The number of benzene rings is 1. The third-order valence-corrected chi connectivity index (χ3v) is 7.88. The van der Waals surface area contributed by atoms with Gasteiger partial charge in [-0.3, -0.25) is 4.98 Å². The van der Waals surface area contributed by atoms with Crippen LogP contribution in [0.5, 0.6) is 0 Å². The maximum absolute atomic E-state index is 15.5. The van der Waals surface area contributed by atoms with Crippen LogP contribution in [0.1, 0.15) is 30.1 Å². The number of aromatic nitrogens is 6. The molecule has 1 aliphatic heterocycles. The summed E-state index contributed by atoms with van der Waals surface area (Å²) in [4.78, 5) is 9.64. The largest absolute Gasteiger partial charge is 0.381 e. The van der Waals surface area contributed by atoms with E-state index in [-0.39, 0.29) is 17.8 Å². The zero-order valence-electron chi connectivity index (χ0n) is 20.5. The summed E-state index contributed by atoms with van der Waals surface area (Å²) in [6.07, 6.45) is 7.44. The van der Waals surface area contributed by atoms with Gasteiger partial charge in [0.25, 0.3) is 0 Å². The fourth-order valence-corrected chi connectivity index (χ4v) is 6.17. The first-order valence-electron chi connectivity index (χ1n) is 12.1. The predicted octanol–water partition coefficient (Wildman–Crippen LogP) is 5.57. The highest BCUT2D eigenvalue weighted by Gasteiger charge is 2.32. The van der Waals surface area contributed by atoms with E-state index >= 15 is 4.39 Å². The van der Waals surface area contributed by atoms with Crippen molar-refractivity contribution in [1.82, 2.24) is 29.5 Å². The van der Waals surface area contributed by atoms with E-state index in [1.807, 2.05) is 50.8 Å². The van der Waals surface area contributed by atoms with Crippen LogP contribution in [-0.2, 0) is 11.8 Å². The molecule has 7 nitrogen and oxygen atoms in total. The van der Waals surface area contributed by atoms with Crippen molar-refractivity contribution in [2.45, 2.75) is 30.8 Å². The molecule has 5 heterocycles. The summed E-state index contributed by atoms with van der Waals surface area (Å²) in [6.45, 7) is 3.29. The van der Waals surface area contributed by atoms with Gasteiger partial charge in [0.05, 0.1) is 34.0 Å². The minimum Gasteiger partial charge on any atom is -0.381 e. The van der Waals surface area contributed by atoms with Gasteiger partial charge in [-0.05, 0) is 50.1 Å². The minimum atomic E-state index is -0.229. The molecule has 9 heteroatoms. The van der Waals surface area contributed by atoms with Crippen LogP contribution < -0.4 is 0 Å². The Labute approximate surface area is 212 Å². The lowest BCUT2D eigenvalue weighted by Gasteiger charge is -2.33. The SMILES string of the molecule is CSc1nccc2c3ncc(-c4c(C)nnn4C)cc3n([C@H](c3ccccc3F)C3CCOCC3)c12. The maximum atomic E-state index is 15.5. The monoisotopic (exact) mass is 502 g/mol. The zero-order chi connectivity index (χ0) is 24.8. The van der Waals surface area contributed by atoms with Gasteiger partial charge in [0.15, 0.2) is 0 Å². The summed E-state index contributed by atoms with van der Waals surface area (Å²) in [7, 11) is 1.88. The number of halogens is 1. The molecule has 1 atom stereocenters. The van der Waals surface area contributed by atoms with Crippen LogP contribution in [0.15, 0.2) is 53.8 Å². The summed E-state index contributed by atoms with van der Waals surface area (Å²) in [5, 5.41) is 10.3. The lowest BCUT2D eigenvalue weighted by molar-refractivity contribution is 0.0548.